The zero-order valence-electron chi connectivity index (χ0n) is 11.2. The minimum Gasteiger partial charge on any atom is -0.446 e. The molecule has 0 saturated carbocycles. The molecule has 3 atom stereocenters. The van der Waals surface area contributed by atoms with Gasteiger partial charge in [0, 0.05) is 30.6 Å². The van der Waals surface area contributed by atoms with Crippen molar-refractivity contribution < 1.29 is 9.53 Å². The summed E-state index contributed by atoms with van der Waals surface area (Å²) in [6, 6.07) is 10.6. The van der Waals surface area contributed by atoms with E-state index in [9.17, 15) is 4.79 Å². The minimum atomic E-state index is -0.333. The quantitative estimate of drug-likeness (QED) is 0.889. The molecule has 2 heterocycles. The first-order valence-electron chi connectivity index (χ1n) is 6.97. The van der Waals surface area contributed by atoms with Crippen LogP contribution in [0.15, 0.2) is 30.3 Å². The molecule has 19 heavy (non-hydrogen) atoms. The number of fused-ring (bicyclic) bond motifs is 2. The number of rotatable bonds is 2. The molecule has 0 aromatic heterocycles. The van der Waals surface area contributed by atoms with Gasteiger partial charge in [-0.3, -0.25) is 5.32 Å². The van der Waals surface area contributed by atoms with Crippen molar-refractivity contribution in [1.29, 1.82) is 0 Å². The van der Waals surface area contributed by atoms with E-state index in [1.807, 2.05) is 30.3 Å². The number of nitrogens with zero attached hydrogens (tertiary/aromatic N) is 1. The average Bonchev–Trinajstić information content (AvgIpc) is 2.63. The summed E-state index contributed by atoms with van der Waals surface area (Å²) < 4.78 is 5.55. The zero-order chi connectivity index (χ0) is 13.2. The number of nitrogens with one attached hydrogen (secondary N) is 1. The van der Waals surface area contributed by atoms with Crippen LogP contribution in [0, 0.1) is 0 Å². The van der Waals surface area contributed by atoms with E-state index >= 15 is 0 Å². The molecule has 4 heteroatoms. The Kier molecular flexibility index (Phi) is 3.42. The van der Waals surface area contributed by atoms with Crippen molar-refractivity contribution >= 4 is 11.8 Å². The van der Waals surface area contributed by atoms with E-state index < -0.39 is 0 Å². The molecule has 1 amide bonds. The third kappa shape index (κ3) is 2.73. The van der Waals surface area contributed by atoms with Gasteiger partial charge in [-0.05, 0) is 32.0 Å². The molecule has 1 N–H and O–H groups in total. The van der Waals surface area contributed by atoms with Crippen LogP contribution in [-0.4, -0.2) is 36.2 Å². The average molecular weight is 260 g/mol. The molecule has 3 rings (SSSR count). The number of hydrogen-bond acceptors (Lipinski definition) is 3. The van der Waals surface area contributed by atoms with Gasteiger partial charge in [0.2, 0.25) is 0 Å². The van der Waals surface area contributed by atoms with Gasteiger partial charge in [0.25, 0.3) is 0 Å². The fourth-order valence-corrected chi connectivity index (χ4v) is 3.28. The Balaban J connectivity index is 1.53. The van der Waals surface area contributed by atoms with Crippen LogP contribution in [0.25, 0.3) is 0 Å². The molecule has 2 fully saturated rings. The highest BCUT2D eigenvalue weighted by molar-refractivity contribution is 5.84. The van der Waals surface area contributed by atoms with E-state index in [0.717, 1.165) is 18.5 Å². The number of amides is 1. The smallest absolute Gasteiger partial charge is 0.411 e. The van der Waals surface area contributed by atoms with Crippen molar-refractivity contribution in [1.82, 2.24) is 4.90 Å². The van der Waals surface area contributed by atoms with Crippen LogP contribution in [0.3, 0.4) is 0 Å². The van der Waals surface area contributed by atoms with Gasteiger partial charge in [0.15, 0.2) is 0 Å². The van der Waals surface area contributed by atoms with Crippen molar-refractivity contribution in [3.8, 4) is 0 Å². The van der Waals surface area contributed by atoms with Gasteiger partial charge < -0.3 is 9.64 Å². The van der Waals surface area contributed by atoms with Gasteiger partial charge in [-0.15, -0.1) is 0 Å². The fourth-order valence-electron chi connectivity index (χ4n) is 3.28. The van der Waals surface area contributed by atoms with Crippen LogP contribution in [0.1, 0.15) is 25.7 Å². The summed E-state index contributed by atoms with van der Waals surface area (Å²) in [6.45, 7) is 0. The van der Waals surface area contributed by atoms with Crippen LogP contribution >= 0.6 is 0 Å². The molecule has 2 saturated heterocycles. The highest BCUT2D eigenvalue weighted by atomic mass is 16.6. The van der Waals surface area contributed by atoms with Crippen LogP contribution in [0.2, 0.25) is 0 Å². The molecule has 1 unspecified atom stereocenters. The first-order chi connectivity index (χ1) is 9.22. The second-order valence-corrected chi connectivity index (χ2v) is 5.54. The second-order valence-electron chi connectivity index (χ2n) is 5.54. The van der Waals surface area contributed by atoms with Crippen molar-refractivity contribution in [3.05, 3.63) is 30.3 Å². The highest BCUT2D eigenvalue weighted by Crippen LogP contribution is 2.35. The summed E-state index contributed by atoms with van der Waals surface area (Å²) in [5, 5.41) is 2.78. The Morgan fingerprint density at radius 1 is 1.21 bits per heavy atom. The largest absolute Gasteiger partial charge is 0.446 e. The number of piperidine rings is 1. The molecule has 2 aliphatic heterocycles. The molecule has 1 aromatic carbocycles. The Hall–Kier alpha value is -1.55. The van der Waals surface area contributed by atoms with Gasteiger partial charge in [-0.25, -0.2) is 4.79 Å². The minimum absolute atomic E-state index is 0.0670. The summed E-state index contributed by atoms with van der Waals surface area (Å²) in [4.78, 5) is 14.3. The molecule has 4 nitrogen and oxygen atoms in total. The van der Waals surface area contributed by atoms with Crippen LogP contribution < -0.4 is 5.32 Å². The summed E-state index contributed by atoms with van der Waals surface area (Å²) in [5.41, 5.74) is 0.781. The SMILES string of the molecule is CN1[C@@H]2CC[C@H]1CC(OC(=O)Nc1ccccc1)C2. The van der Waals surface area contributed by atoms with E-state index in [4.69, 9.17) is 4.74 Å². The number of carbonyl (C=O) groups is 1. The maximum Gasteiger partial charge on any atom is 0.411 e. The first kappa shape index (κ1) is 12.5. The Morgan fingerprint density at radius 3 is 2.47 bits per heavy atom. The van der Waals surface area contributed by atoms with Crippen molar-refractivity contribution in [2.45, 2.75) is 43.9 Å². The number of hydrogen-bond donors (Lipinski definition) is 1. The Morgan fingerprint density at radius 2 is 1.84 bits per heavy atom. The number of anilines is 1. The molecular weight excluding hydrogens is 240 g/mol. The molecule has 0 radical (unpaired) electrons. The van der Waals surface area contributed by atoms with E-state index in [0.29, 0.717) is 12.1 Å². The summed E-state index contributed by atoms with van der Waals surface area (Å²) in [6.07, 6.45) is 4.14. The molecule has 1 aromatic rings. The molecule has 2 aliphatic rings. The Bertz CT molecular complexity index is 435. The highest BCUT2D eigenvalue weighted by Gasteiger charge is 2.39. The molecule has 0 aliphatic carbocycles. The normalized spacial score (nSPS) is 30.1. The van der Waals surface area contributed by atoms with E-state index in [-0.39, 0.29) is 12.2 Å². The Labute approximate surface area is 113 Å². The van der Waals surface area contributed by atoms with Crippen molar-refractivity contribution in [3.63, 3.8) is 0 Å². The third-order valence-electron chi connectivity index (χ3n) is 4.35. The van der Waals surface area contributed by atoms with Crippen LogP contribution in [0.5, 0.6) is 0 Å². The third-order valence-corrected chi connectivity index (χ3v) is 4.35. The summed E-state index contributed by atoms with van der Waals surface area (Å²) in [7, 11) is 2.18. The lowest BCUT2D eigenvalue weighted by Gasteiger charge is -2.35. The van der Waals surface area contributed by atoms with E-state index in [1.165, 1.54) is 12.8 Å². The lowest BCUT2D eigenvalue weighted by atomic mass is 10.0. The van der Waals surface area contributed by atoms with Crippen molar-refractivity contribution in [2.24, 2.45) is 0 Å². The summed E-state index contributed by atoms with van der Waals surface area (Å²) in [5.74, 6) is 0. The molecule has 102 valence electrons. The summed E-state index contributed by atoms with van der Waals surface area (Å²) >= 11 is 0. The van der Waals surface area contributed by atoms with E-state index in [1.54, 1.807) is 0 Å². The molecule has 0 spiro atoms. The first-order valence-corrected chi connectivity index (χ1v) is 6.97. The maximum absolute atomic E-state index is 11.8. The van der Waals surface area contributed by atoms with Gasteiger partial charge in [-0.1, -0.05) is 18.2 Å². The van der Waals surface area contributed by atoms with Crippen LogP contribution in [0.4, 0.5) is 10.5 Å². The predicted octanol–water partition coefficient (Wildman–Crippen LogP) is 2.86. The van der Waals surface area contributed by atoms with E-state index in [2.05, 4.69) is 17.3 Å². The fraction of sp³-hybridized carbons (Fsp3) is 0.533. The number of benzene rings is 1. The van der Waals surface area contributed by atoms with Gasteiger partial charge >= 0.3 is 6.09 Å². The second kappa shape index (κ2) is 5.21. The van der Waals surface area contributed by atoms with Crippen LogP contribution in [-0.2, 0) is 4.74 Å². The molecular formula is C15H20N2O2. The van der Waals surface area contributed by atoms with Gasteiger partial charge in [0.1, 0.15) is 6.10 Å². The lowest BCUT2D eigenvalue weighted by Crippen LogP contribution is -2.43. The zero-order valence-corrected chi connectivity index (χ0v) is 11.2. The predicted molar refractivity (Wildman–Crippen MR) is 74.1 cm³/mol. The number of para-hydroxylation sites is 1. The van der Waals surface area contributed by atoms with Gasteiger partial charge in [-0.2, -0.15) is 0 Å². The van der Waals surface area contributed by atoms with Crippen molar-refractivity contribution in [2.75, 3.05) is 12.4 Å². The standard InChI is InChI=1S/C15H20N2O2/c1-17-12-7-8-13(17)10-14(9-12)19-15(18)16-11-5-3-2-4-6-11/h2-6,12-14H,7-10H2,1H3,(H,16,18)/t12-,13+,14?. The van der Waals surface area contributed by atoms with Gasteiger partial charge in [0.05, 0.1) is 0 Å². The lowest BCUT2D eigenvalue weighted by molar-refractivity contribution is 0.0348. The topological polar surface area (TPSA) is 41.6 Å². The molecule has 2 bridgehead atoms. The maximum atomic E-state index is 11.8. The number of carbonyl (C=O) groups excluding carboxylic acids is 1. The monoisotopic (exact) mass is 260 g/mol. The number of ether oxygens (including phenoxy) is 1.